The molecule has 0 saturated heterocycles. The Bertz CT molecular complexity index is 168. The van der Waals surface area contributed by atoms with Crippen LogP contribution in [0, 0.1) is 11.8 Å². The molecule has 2 nitrogen and oxygen atoms in total. The van der Waals surface area contributed by atoms with Gasteiger partial charge in [0.05, 0.1) is 0 Å². The van der Waals surface area contributed by atoms with Crippen LogP contribution in [0.2, 0.25) is 0 Å². The third kappa shape index (κ3) is 3.99. The van der Waals surface area contributed by atoms with Crippen LogP contribution < -0.4 is 5.32 Å². The summed E-state index contributed by atoms with van der Waals surface area (Å²) in [5.41, 5.74) is 0. The largest absolute Gasteiger partial charge is 0.356 e. The number of rotatable bonds is 6. The van der Waals surface area contributed by atoms with Gasteiger partial charge in [-0.25, -0.2) is 0 Å². The lowest BCUT2D eigenvalue weighted by Gasteiger charge is -2.13. The molecule has 1 aliphatic carbocycles. The van der Waals surface area contributed by atoms with Gasteiger partial charge in [-0.2, -0.15) is 0 Å². The molecule has 0 heterocycles. The average Bonchev–Trinajstić information content (AvgIpc) is 2.94. The smallest absolute Gasteiger partial charge is 0.223 e. The van der Waals surface area contributed by atoms with Crippen LogP contribution in [0.1, 0.15) is 32.6 Å². The highest BCUT2D eigenvalue weighted by molar-refractivity contribution is 6.17. The van der Waals surface area contributed by atoms with Crippen molar-refractivity contribution in [2.75, 3.05) is 12.4 Å². The molecule has 1 unspecified atom stereocenters. The first-order valence-electron chi connectivity index (χ1n) is 5.11. The molecule has 1 atom stereocenters. The molecule has 1 N–H and O–H groups in total. The minimum absolute atomic E-state index is 0.244. The zero-order valence-corrected chi connectivity index (χ0v) is 8.94. The number of carbonyl (C=O) groups is 1. The van der Waals surface area contributed by atoms with E-state index in [4.69, 9.17) is 11.6 Å². The van der Waals surface area contributed by atoms with E-state index in [-0.39, 0.29) is 5.91 Å². The first-order chi connectivity index (χ1) is 6.27. The van der Waals surface area contributed by atoms with E-state index in [1.165, 1.54) is 0 Å². The van der Waals surface area contributed by atoms with Crippen molar-refractivity contribution in [2.45, 2.75) is 32.6 Å². The summed E-state index contributed by atoms with van der Waals surface area (Å²) in [5, 5.41) is 2.98. The summed E-state index contributed by atoms with van der Waals surface area (Å²) >= 11 is 5.65. The molecule has 3 heteroatoms. The van der Waals surface area contributed by atoms with E-state index >= 15 is 0 Å². The van der Waals surface area contributed by atoms with Crippen LogP contribution in [0.25, 0.3) is 0 Å². The highest BCUT2D eigenvalue weighted by Crippen LogP contribution is 2.28. The minimum atomic E-state index is 0.244. The van der Waals surface area contributed by atoms with Gasteiger partial charge in [0.25, 0.3) is 0 Å². The Morgan fingerprint density at radius 3 is 2.77 bits per heavy atom. The number of halogens is 1. The zero-order valence-electron chi connectivity index (χ0n) is 8.18. The van der Waals surface area contributed by atoms with Crippen molar-refractivity contribution in [3.8, 4) is 0 Å². The molecule has 0 aromatic carbocycles. The van der Waals surface area contributed by atoms with Crippen LogP contribution in [0.4, 0.5) is 0 Å². The molecule has 0 aliphatic heterocycles. The molecule has 1 aliphatic rings. The summed E-state index contributed by atoms with van der Waals surface area (Å²) in [6, 6.07) is 0. The second-order valence-electron chi connectivity index (χ2n) is 3.77. The van der Waals surface area contributed by atoms with Crippen LogP contribution in [-0.4, -0.2) is 18.3 Å². The SMILES string of the molecule is CCC(CCCl)CNC(=O)C1CC1. The Morgan fingerprint density at radius 2 is 2.31 bits per heavy atom. The minimum Gasteiger partial charge on any atom is -0.356 e. The molecule has 0 aromatic heterocycles. The average molecular weight is 204 g/mol. The van der Waals surface area contributed by atoms with Crippen molar-refractivity contribution in [3.63, 3.8) is 0 Å². The summed E-state index contributed by atoms with van der Waals surface area (Å²) in [4.78, 5) is 11.3. The number of nitrogens with one attached hydrogen (secondary N) is 1. The van der Waals surface area contributed by atoms with Gasteiger partial charge in [-0.05, 0) is 25.2 Å². The molecule has 13 heavy (non-hydrogen) atoms. The van der Waals surface area contributed by atoms with Gasteiger partial charge in [-0.15, -0.1) is 11.6 Å². The van der Waals surface area contributed by atoms with Gasteiger partial charge < -0.3 is 5.32 Å². The van der Waals surface area contributed by atoms with Gasteiger partial charge in [0.2, 0.25) is 5.91 Å². The molecule has 1 amide bonds. The maximum absolute atomic E-state index is 11.3. The molecule has 1 fully saturated rings. The van der Waals surface area contributed by atoms with Gasteiger partial charge in [0.1, 0.15) is 0 Å². The predicted molar refractivity (Wildman–Crippen MR) is 54.9 cm³/mol. The Balaban J connectivity index is 2.10. The Morgan fingerprint density at radius 1 is 1.62 bits per heavy atom. The fourth-order valence-electron chi connectivity index (χ4n) is 1.34. The van der Waals surface area contributed by atoms with Crippen LogP contribution in [0.5, 0.6) is 0 Å². The zero-order chi connectivity index (χ0) is 9.68. The summed E-state index contributed by atoms with van der Waals surface area (Å²) in [7, 11) is 0. The molecule has 1 saturated carbocycles. The van der Waals surface area contributed by atoms with Crippen molar-refractivity contribution in [1.82, 2.24) is 5.32 Å². The van der Waals surface area contributed by atoms with Gasteiger partial charge in [-0.1, -0.05) is 13.3 Å². The first kappa shape index (κ1) is 10.8. The number of carbonyl (C=O) groups excluding carboxylic acids is 1. The standard InChI is InChI=1S/C10H18ClNO/c1-2-8(5-6-11)7-12-10(13)9-3-4-9/h8-9H,2-7H2,1H3,(H,12,13). The summed E-state index contributed by atoms with van der Waals surface area (Å²) in [6.07, 6.45) is 4.26. The maximum Gasteiger partial charge on any atom is 0.223 e. The first-order valence-corrected chi connectivity index (χ1v) is 5.65. The monoisotopic (exact) mass is 203 g/mol. The van der Waals surface area contributed by atoms with Gasteiger partial charge >= 0.3 is 0 Å². The Hall–Kier alpha value is -0.240. The fourth-order valence-corrected chi connectivity index (χ4v) is 1.65. The van der Waals surface area contributed by atoms with Gasteiger partial charge in [0.15, 0.2) is 0 Å². The highest BCUT2D eigenvalue weighted by atomic mass is 35.5. The normalized spacial score (nSPS) is 18.3. The number of hydrogen-bond acceptors (Lipinski definition) is 1. The Labute approximate surface area is 85.0 Å². The molecule has 0 spiro atoms. The quantitative estimate of drug-likeness (QED) is 0.659. The molecular formula is C10H18ClNO. The summed E-state index contributed by atoms with van der Waals surface area (Å²) in [6.45, 7) is 2.94. The third-order valence-electron chi connectivity index (χ3n) is 2.61. The van der Waals surface area contributed by atoms with E-state index in [1.807, 2.05) is 0 Å². The molecule has 76 valence electrons. The second-order valence-corrected chi connectivity index (χ2v) is 4.15. The molecule has 0 radical (unpaired) electrons. The lowest BCUT2D eigenvalue weighted by atomic mass is 10.0. The van der Waals surface area contributed by atoms with E-state index in [0.29, 0.717) is 17.7 Å². The Kier molecular flexibility index (Phi) is 4.57. The van der Waals surface area contributed by atoms with Gasteiger partial charge in [0, 0.05) is 18.3 Å². The van der Waals surface area contributed by atoms with Crippen LogP contribution in [0.3, 0.4) is 0 Å². The number of alkyl halides is 1. The maximum atomic E-state index is 11.3. The highest BCUT2D eigenvalue weighted by Gasteiger charge is 2.29. The fraction of sp³-hybridized carbons (Fsp3) is 0.900. The van der Waals surface area contributed by atoms with Gasteiger partial charge in [-0.3, -0.25) is 4.79 Å². The van der Waals surface area contributed by atoms with Crippen molar-refractivity contribution in [2.24, 2.45) is 11.8 Å². The summed E-state index contributed by atoms with van der Waals surface area (Å²) in [5.74, 6) is 1.82. The van der Waals surface area contributed by atoms with Crippen molar-refractivity contribution < 1.29 is 4.79 Å². The van der Waals surface area contributed by atoms with Crippen molar-refractivity contribution in [3.05, 3.63) is 0 Å². The molecule has 0 aromatic rings. The van der Waals surface area contributed by atoms with E-state index in [2.05, 4.69) is 12.2 Å². The molecular weight excluding hydrogens is 186 g/mol. The van der Waals surface area contributed by atoms with Crippen LogP contribution in [-0.2, 0) is 4.79 Å². The lowest BCUT2D eigenvalue weighted by molar-refractivity contribution is -0.122. The molecule has 0 bridgehead atoms. The van der Waals surface area contributed by atoms with E-state index in [1.54, 1.807) is 0 Å². The predicted octanol–water partition coefficient (Wildman–Crippen LogP) is 2.17. The van der Waals surface area contributed by atoms with Crippen LogP contribution >= 0.6 is 11.6 Å². The van der Waals surface area contributed by atoms with Crippen molar-refractivity contribution >= 4 is 17.5 Å². The topological polar surface area (TPSA) is 29.1 Å². The molecule has 1 rings (SSSR count). The second kappa shape index (κ2) is 5.48. The van der Waals surface area contributed by atoms with E-state index in [0.717, 1.165) is 32.2 Å². The third-order valence-corrected chi connectivity index (χ3v) is 2.83. The van der Waals surface area contributed by atoms with E-state index < -0.39 is 0 Å². The number of hydrogen-bond donors (Lipinski definition) is 1. The van der Waals surface area contributed by atoms with E-state index in [9.17, 15) is 4.79 Å². The lowest BCUT2D eigenvalue weighted by Crippen LogP contribution is -2.30. The van der Waals surface area contributed by atoms with Crippen LogP contribution in [0.15, 0.2) is 0 Å². The summed E-state index contributed by atoms with van der Waals surface area (Å²) < 4.78 is 0. The number of amides is 1. The van der Waals surface area contributed by atoms with Crippen molar-refractivity contribution in [1.29, 1.82) is 0 Å².